The van der Waals surface area contributed by atoms with E-state index in [0.29, 0.717) is 48.5 Å². The number of carbonyl (C=O) groups excluding carboxylic acids is 2. The smallest absolute Gasteiger partial charge is 0.276 e. The van der Waals surface area contributed by atoms with E-state index >= 15 is 0 Å². The van der Waals surface area contributed by atoms with Gasteiger partial charge < -0.3 is 14.3 Å². The van der Waals surface area contributed by atoms with Crippen molar-refractivity contribution < 1.29 is 22.9 Å². The zero-order chi connectivity index (χ0) is 25.7. The molecule has 0 unspecified atom stereocenters. The van der Waals surface area contributed by atoms with Gasteiger partial charge in [-0.05, 0) is 55.4 Å². The molecule has 0 bridgehead atoms. The van der Waals surface area contributed by atoms with Crippen LogP contribution in [-0.4, -0.2) is 57.9 Å². The molecule has 1 saturated heterocycles. The monoisotopic (exact) mass is 496 g/mol. The number of aromatic nitrogens is 2. The summed E-state index contributed by atoms with van der Waals surface area (Å²) in [5, 5.41) is 3.92. The molecule has 3 heterocycles. The Bertz CT molecular complexity index is 1190. The van der Waals surface area contributed by atoms with Crippen LogP contribution >= 0.6 is 0 Å². The molecule has 0 N–H and O–H groups in total. The summed E-state index contributed by atoms with van der Waals surface area (Å²) in [6, 6.07) is 8.24. The van der Waals surface area contributed by atoms with Crippen LogP contribution in [0.3, 0.4) is 0 Å². The summed E-state index contributed by atoms with van der Waals surface area (Å²) in [4.78, 5) is 33.5. The van der Waals surface area contributed by atoms with Crippen molar-refractivity contribution in [2.24, 2.45) is 5.92 Å². The molecule has 0 radical (unpaired) electrons. The first-order valence-electron chi connectivity index (χ1n) is 12.2. The number of aryl methyl sites for hydroxylation is 1. The van der Waals surface area contributed by atoms with Crippen molar-refractivity contribution in [2.75, 3.05) is 20.1 Å². The summed E-state index contributed by atoms with van der Waals surface area (Å²) in [6.07, 6.45) is 6.20. The molecular weight excluding hydrogens is 466 g/mol. The van der Waals surface area contributed by atoms with E-state index in [4.69, 9.17) is 4.52 Å². The molecule has 9 heteroatoms. The third-order valence-corrected chi connectivity index (χ3v) is 6.82. The summed E-state index contributed by atoms with van der Waals surface area (Å²) in [5.74, 6) is -0.983. The first-order valence-corrected chi connectivity index (χ1v) is 12.2. The van der Waals surface area contributed by atoms with Gasteiger partial charge in [-0.2, -0.15) is 0 Å². The summed E-state index contributed by atoms with van der Waals surface area (Å²) in [5.41, 5.74) is 1.08. The van der Waals surface area contributed by atoms with Crippen LogP contribution in [0.1, 0.15) is 58.4 Å². The third-order valence-electron chi connectivity index (χ3n) is 6.82. The molecule has 3 aromatic rings. The van der Waals surface area contributed by atoms with Gasteiger partial charge in [0.25, 0.3) is 11.8 Å². The van der Waals surface area contributed by atoms with Crippen molar-refractivity contribution >= 4 is 11.8 Å². The average Bonchev–Trinajstić information content (AvgIpc) is 3.36. The second kappa shape index (κ2) is 11.4. The summed E-state index contributed by atoms with van der Waals surface area (Å²) in [6.45, 7) is 2.99. The number of rotatable bonds is 8. The van der Waals surface area contributed by atoms with Crippen molar-refractivity contribution in [3.63, 3.8) is 0 Å². The average molecular weight is 497 g/mol. The van der Waals surface area contributed by atoms with E-state index in [0.717, 1.165) is 18.9 Å². The van der Waals surface area contributed by atoms with Crippen molar-refractivity contribution in [1.29, 1.82) is 0 Å². The number of hydrogen-bond acceptors (Lipinski definition) is 5. The number of likely N-dealkylation sites (N-methyl/N-ethyl adjacent to an activating group) is 1. The largest absolute Gasteiger partial charge is 0.361 e. The molecule has 36 heavy (non-hydrogen) atoms. The van der Waals surface area contributed by atoms with E-state index in [9.17, 15) is 18.4 Å². The minimum atomic E-state index is -0.644. The van der Waals surface area contributed by atoms with Gasteiger partial charge in [0.1, 0.15) is 17.4 Å². The molecule has 1 aliphatic rings. The Hall–Kier alpha value is -3.62. The molecule has 190 valence electrons. The summed E-state index contributed by atoms with van der Waals surface area (Å²) < 4.78 is 33.3. The van der Waals surface area contributed by atoms with Gasteiger partial charge in [0.05, 0.1) is 5.56 Å². The first-order chi connectivity index (χ1) is 17.4. The number of amides is 2. The summed E-state index contributed by atoms with van der Waals surface area (Å²) >= 11 is 0. The van der Waals surface area contributed by atoms with Crippen LogP contribution in [0, 0.1) is 17.6 Å². The Morgan fingerprint density at radius 1 is 1.19 bits per heavy atom. The molecule has 0 spiro atoms. The molecule has 0 aliphatic carbocycles. The van der Waals surface area contributed by atoms with Gasteiger partial charge in [-0.1, -0.05) is 18.1 Å². The van der Waals surface area contributed by atoms with E-state index in [1.807, 2.05) is 6.92 Å². The maximum absolute atomic E-state index is 14.6. The Morgan fingerprint density at radius 3 is 2.64 bits per heavy atom. The Kier molecular flexibility index (Phi) is 8.07. The lowest BCUT2D eigenvalue weighted by Gasteiger charge is -2.40. The fourth-order valence-electron chi connectivity index (χ4n) is 4.80. The highest BCUT2D eigenvalue weighted by molar-refractivity contribution is 5.94. The standard InChI is InChI=1S/C27H30F2N4O3/c1-3-5-22-16-24(31-36-22)27(35)33-12-9-18(10-13-33)25(14-19-7-8-21(28)15-23(19)29)32(2)26(34)20-6-4-11-30-17-20/h4,6-8,11,15-18,25H,3,5,9-10,12-14H2,1-2H3/t25-/m1/s1. The van der Waals surface area contributed by atoms with Crippen LogP contribution in [-0.2, 0) is 12.8 Å². The van der Waals surface area contributed by atoms with Gasteiger partial charge in [0.15, 0.2) is 5.69 Å². The maximum Gasteiger partial charge on any atom is 0.276 e. The lowest BCUT2D eigenvalue weighted by Crippen LogP contribution is -2.48. The summed E-state index contributed by atoms with van der Waals surface area (Å²) in [7, 11) is 1.70. The number of nitrogens with zero attached hydrogens (tertiary/aromatic N) is 4. The van der Waals surface area contributed by atoms with E-state index in [1.165, 1.54) is 18.3 Å². The SMILES string of the molecule is CCCc1cc(C(=O)N2CCC([C@@H](Cc3ccc(F)cc3F)N(C)C(=O)c3cccnc3)CC2)no1. The van der Waals surface area contributed by atoms with Crippen molar-refractivity contribution in [1.82, 2.24) is 19.9 Å². The molecule has 0 saturated carbocycles. The second-order valence-electron chi connectivity index (χ2n) is 9.22. The number of carbonyl (C=O) groups is 2. The zero-order valence-electron chi connectivity index (χ0n) is 20.5. The Labute approximate surface area is 209 Å². The van der Waals surface area contributed by atoms with Crippen LogP contribution in [0.4, 0.5) is 8.78 Å². The fourth-order valence-corrected chi connectivity index (χ4v) is 4.80. The second-order valence-corrected chi connectivity index (χ2v) is 9.22. The Morgan fingerprint density at radius 2 is 1.97 bits per heavy atom. The first kappa shape index (κ1) is 25.5. The van der Waals surface area contributed by atoms with Crippen LogP contribution in [0.2, 0.25) is 0 Å². The highest BCUT2D eigenvalue weighted by Crippen LogP contribution is 2.29. The number of pyridine rings is 1. The van der Waals surface area contributed by atoms with Crippen molar-refractivity contribution in [3.05, 3.63) is 83.0 Å². The quantitative estimate of drug-likeness (QED) is 0.458. The van der Waals surface area contributed by atoms with Crippen molar-refractivity contribution in [2.45, 2.75) is 45.1 Å². The third kappa shape index (κ3) is 5.78. The molecule has 7 nitrogen and oxygen atoms in total. The highest BCUT2D eigenvalue weighted by Gasteiger charge is 2.34. The highest BCUT2D eigenvalue weighted by atomic mass is 19.1. The van der Waals surface area contributed by atoms with E-state index in [-0.39, 0.29) is 30.2 Å². The van der Waals surface area contributed by atoms with Crippen LogP contribution in [0.5, 0.6) is 0 Å². The van der Waals surface area contributed by atoms with Gasteiger partial charge in [0, 0.05) is 57.1 Å². The Balaban J connectivity index is 1.50. The van der Waals surface area contributed by atoms with Gasteiger partial charge in [-0.15, -0.1) is 0 Å². The number of piperidine rings is 1. The number of likely N-dealkylation sites (tertiary alicyclic amines) is 1. The van der Waals surface area contributed by atoms with E-state index in [2.05, 4.69) is 10.1 Å². The predicted octanol–water partition coefficient (Wildman–Crippen LogP) is 4.54. The van der Waals surface area contributed by atoms with Crippen LogP contribution in [0.15, 0.2) is 53.3 Å². The lowest BCUT2D eigenvalue weighted by molar-refractivity contribution is 0.0516. The van der Waals surface area contributed by atoms with Gasteiger partial charge >= 0.3 is 0 Å². The number of benzene rings is 1. The minimum Gasteiger partial charge on any atom is -0.361 e. The molecule has 1 aliphatic heterocycles. The number of hydrogen-bond donors (Lipinski definition) is 0. The maximum atomic E-state index is 14.6. The minimum absolute atomic E-state index is 0.0112. The van der Waals surface area contributed by atoms with Crippen LogP contribution in [0.25, 0.3) is 0 Å². The van der Waals surface area contributed by atoms with Gasteiger partial charge in [0.2, 0.25) is 0 Å². The topological polar surface area (TPSA) is 79.5 Å². The molecule has 1 atom stereocenters. The van der Waals surface area contributed by atoms with E-state index < -0.39 is 11.6 Å². The molecule has 4 rings (SSSR count). The predicted molar refractivity (Wildman–Crippen MR) is 129 cm³/mol. The molecule has 2 aromatic heterocycles. The van der Waals surface area contributed by atoms with Crippen LogP contribution < -0.4 is 0 Å². The van der Waals surface area contributed by atoms with Crippen molar-refractivity contribution in [3.8, 4) is 0 Å². The zero-order valence-corrected chi connectivity index (χ0v) is 20.5. The molecule has 1 aromatic carbocycles. The normalized spacial score (nSPS) is 15.1. The molecular formula is C27H30F2N4O3. The van der Waals surface area contributed by atoms with Gasteiger partial charge in [-0.25, -0.2) is 8.78 Å². The molecule has 2 amide bonds. The van der Waals surface area contributed by atoms with E-state index in [1.54, 1.807) is 41.2 Å². The number of halogens is 2. The molecule has 1 fully saturated rings. The lowest BCUT2D eigenvalue weighted by atomic mass is 9.84. The van der Waals surface area contributed by atoms with Gasteiger partial charge in [-0.3, -0.25) is 14.6 Å². The fraction of sp³-hybridized carbons (Fsp3) is 0.407.